The van der Waals surface area contributed by atoms with Crippen LogP contribution in [0.2, 0.25) is 0 Å². The fourth-order valence-corrected chi connectivity index (χ4v) is 3.57. The number of hydrogen-bond acceptors (Lipinski definition) is 4. The molecule has 1 aliphatic rings. The maximum absolute atomic E-state index is 12.6. The third kappa shape index (κ3) is 4.06. The van der Waals surface area contributed by atoms with Gasteiger partial charge in [0.1, 0.15) is 0 Å². The minimum absolute atomic E-state index is 0.234. The van der Waals surface area contributed by atoms with Gasteiger partial charge in [0, 0.05) is 24.5 Å². The monoisotopic (exact) mass is 375 g/mol. The number of anilines is 2. The molecule has 0 atom stereocenters. The van der Waals surface area contributed by atoms with Crippen LogP contribution in [0.25, 0.3) is 0 Å². The van der Waals surface area contributed by atoms with E-state index in [0.29, 0.717) is 12.2 Å². The number of benzene rings is 2. The van der Waals surface area contributed by atoms with Crippen LogP contribution in [0.1, 0.15) is 41.0 Å². The minimum Gasteiger partial charge on any atom is -0.372 e. The van der Waals surface area contributed by atoms with E-state index in [-0.39, 0.29) is 5.91 Å². The van der Waals surface area contributed by atoms with E-state index >= 15 is 0 Å². The van der Waals surface area contributed by atoms with Crippen LogP contribution >= 0.6 is 0 Å². The lowest BCUT2D eigenvalue weighted by atomic mass is 10.1. The molecule has 3 aromatic rings. The highest BCUT2D eigenvalue weighted by Gasteiger charge is 2.17. The van der Waals surface area contributed by atoms with Crippen LogP contribution in [0.4, 0.5) is 11.4 Å². The Morgan fingerprint density at radius 2 is 1.71 bits per heavy atom. The molecule has 4 rings (SSSR count). The predicted molar refractivity (Wildman–Crippen MR) is 111 cm³/mol. The van der Waals surface area contributed by atoms with E-state index in [1.54, 1.807) is 4.68 Å². The van der Waals surface area contributed by atoms with Gasteiger partial charge in [-0.25, -0.2) is 4.68 Å². The van der Waals surface area contributed by atoms with Gasteiger partial charge in [-0.15, -0.1) is 5.10 Å². The van der Waals surface area contributed by atoms with E-state index in [1.807, 2.05) is 49.4 Å². The summed E-state index contributed by atoms with van der Waals surface area (Å²) in [5.74, 6) is -0.234. The molecule has 0 saturated carbocycles. The van der Waals surface area contributed by atoms with Crippen molar-refractivity contribution in [2.24, 2.45) is 0 Å². The predicted octanol–water partition coefficient (Wildman–Crippen LogP) is 3.88. The molecule has 1 fully saturated rings. The molecule has 6 nitrogen and oxygen atoms in total. The SMILES string of the molecule is Cc1c(C(=O)Nc2ccc(N3CCCCC3)cc2)nnn1Cc1ccccc1. The van der Waals surface area contributed by atoms with Crippen LogP contribution in [0.3, 0.4) is 0 Å². The molecule has 0 bridgehead atoms. The summed E-state index contributed by atoms with van der Waals surface area (Å²) in [5.41, 5.74) is 4.21. The topological polar surface area (TPSA) is 63.1 Å². The van der Waals surface area contributed by atoms with E-state index in [1.165, 1.54) is 24.9 Å². The zero-order chi connectivity index (χ0) is 19.3. The van der Waals surface area contributed by atoms with Gasteiger partial charge in [0.15, 0.2) is 5.69 Å². The Hall–Kier alpha value is -3.15. The Labute approximate surface area is 165 Å². The van der Waals surface area contributed by atoms with Gasteiger partial charge in [-0.05, 0) is 56.0 Å². The summed E-state index contributed by atoms with van der Waals surface area (Å²) >= 11 is 0. The summed E-state index contributed by atoms with van der Waals surface area (Å²) in [6, 6.07) is 18.1. The van der Waals surface area contributed by atoms with E-state index in [4.69, 9.17) is 0 Å². The molecule has 2 heterocycles. The maximum Gasteiger partial charge on any atom is 0.278 e. The van der Waals surface area contributed by atoms with Gasteiger partial charge in [-0.1, -0.05) is 35.5 Å². The summed E-state index contributed by atoms with van der Waals surface area (Å²) in [6.07, 6.45) is 3.81. The first-order chi connectivity index (χ1) is 13.7. The number of carbonyl (C=O) groups excluding carboxylic acids is 1. The van der Waals surface area contributed by atoms with Gasteiger partial charge in [-0.2, -0.15) is 0 Å². The van der Waals surface area contributed by atoms with Gasteiger partial charge < -0.3 is 10.2 Å². The fourth-order valence-electron chi connectivity index (χ4n) is 3.57. The smallest absolute Gasteiger partial charge is 0.278 e. The lowest BCUT2D eigenvalue weighted by molar-refractivity contribution is 0.102. The molecule has 6 heteroatoms. The van der Waals surface area contributed by atoms with Crippen LogP contribution in [0.15, 0.2) is 54.6 Å². The second-order valence-electron chi connectivity index (χ2n) is 7.22. The van der Waals surface area contributed by atoms with E-state index in [0.717, 1.165) is 30.0 Å². The zero-order valence-corrected chi connectivity index (χ0v) is 16.1. The Bertz CT molecular complexity index is 927. The molecule has 0 spiro atoms. The Morgan fingerprint density at radius 3 is 2.43 bits per heavy atom. The summed E-state index contributed by atoms with van der Waals surface area (Å²) in [4.78, 5) is 15.0. The molecule has 0 radical (unpaired) electrons. The summed E-state index contributed by atoms with van der Waals surface area (Å²) in [7, 11) is 0. The number of amides is 1. The van der Waals surface area contributed by atoms with E-state index in [9.17, 15) is 4.79 Å². The van der Waals surface area contributed by atoms with E-state index < -0.39 is 0 Å². The molecule has 1 aromatic heterocycles. The van der Waals surface area contributed by atoms with Crippen LogP contribution in [-0.4, -0.2) is 34.0 Å². The molecule has 1 amide bonds. The number of nitrogens with zero attached hydrogens (tertiary/aromatic N) is 4. The fraction of sp³-hybridized carbons (Fsp3) is 0.318. The van der Waals surface area contributed by atoms with Crippen molar-refractivity contribution in [2.45, 2.75) is 32.7 Å². The van der Waals surface area contributed by atoms with Crippen LogP contribution in [0, 0.1) is 6.92 Å². The number of rotatable bonds is 5. The Morgan fingerprint density at radius 1 is 1.00 bits per heavy atom. The van der Waals surface area contributed by atoms with Crippen molar-refractivity contribution in [1.29, 1.82) is 0 Å². The van der Waals surface area contributed by atoms with Gasteiger partial charge in [0.25, 0.3) is 5.91 Å². The Balaban J connectivity index is 1.42. The van der Waals surface area contributed by atoms with Crippen molar-refractivity contribution < 1.29 is 4.79 Å². The van der Waals surface area contributed by atoms with Crippen molar-refractivity contribution in [1.82, 2.24) is 15.0 Å². The Kier molecular flexibility index (Phi) is 5.37. The molecule has 144 valence electrons. The molecular formula is C22H25N5O. The average molecular weight is 375 g/mol. The quantitative estimate of drug-likeness (QED) is 0.735. The largest absolute Gasteiger partial charge is 0.372 e. The molecule has 1 saturated heterocycles. The number of hydrogen-bond donors (Lipinski definition) is 1. The molecule has 2 aromatic carbocycles. The van der Waals surface area contributed by atoms with Crippen LogP contribution in [0.5, 0.6) is 0 Å². The lowest BCUT2D eigenvalue weighted by Crippen LogP contribution is -2.29. The van der Waals surface area contributed by atoms with Gasteiger partial charge in [0.2, 0.25) is 0 Å². The zero-order valence-electron chi connectivity index (χ0n) is 16.1. The molecule has 1 N–H and O–H groups in total. The molecular weight excluding hydrogens is 350 g/mol. The molecule has 0 aliphatic carbocycles. The van der Waals surface area contributed by atoms with Crippen molar-refractivity contribution >= 4 is 17.3 Å². The maximum atomic E-state index is 12.6. The van der Waals surface area contributed by atoms with Gasteiger partial charge >= 0.3 is 0 Å². The number of carbonyl (C=O) groups is 1. The number of aromatic nitrogens is 3. The molecule has 0 unspecified atom stereocenters. The third-order valence-electron chi connectivity index (χ3n) is 5.22. The van der Waals surface area contributed by atoms with Crippen LogP contribution in [-0.2, 0) is 6.54 Å². The first-order valence-corrected chi connectivity index (χ1v) is 9.81. The van der Waals surface area contributed by atoms with E-state index in [2.05, 4.69) is 32.7 Å². The van der Waals surface area contributed by atoms with Crippen molar-refractivity contribution in [3.63, 3.8) is 0 Å². The molecule has 28 heavy (non-hydrogen) atoms. The summed E-state index contributed by atoms with van der Waals surface area (Å²) in [6.45, 7) is 4.68. The normalized spacial score (nSPS) is 14.1. The highest BCUT2D eigenvalue weighted by Crippen LogP contribution is 2.22. The van der Waals surface area contributed by atoms with Crippen molar-refractivity contribution in [3.8, 4) is 0 Å². The number of nitrogens with one attached hydrogen (secondary N) is 1. The minimum atomic E-state index is -0.234. The summed E-state index contributed by atoms with van der Waals surface area (Å²) in [5, 5.41) is 11.2. The highest BCUT2D eigenvalue weighted by molar-refractivity contribution is 6.03. The molecule has 1 aliphatic heterocycles. The van der Waals surface area contributed by atoms with Crippen molar-refractivity contribution in [3.05, 3.63) is 71.5 Å². The summed E-state index contributed by atoms with van der Waals surface area (Å²) < 4.78 is 1.75. The highest BCUT2D eigenvalue weighted by atomic mass is 16.2. The van der Waals surface area contributed by atoms with Gasteiger partial charge in [0.05, 0.1) is 12.2 Å². The first-order valence-electron chi connectivity index (χ1n) is 9.81. The lowest BCUT2D eigenvalue weighted by Gasteiger charge is -2.28. The van der Waals surface area contributed by atoms with Crippen LogP contribution < -0.4 is 10.2 Å². The second-order valence-corrected chi connectivity index (χ2v) is 7.22. The van der Waals surface area contributed by atoms with Crippen molar-refractivity contribution in [2.75, 3.05) is 23.3 Å². The standard InChI is InChI=1S/C22H25N5O/c1-17-21(24-25-27(17)16-18-8-4-2-5-9-18)22(28)23-19-10-12-20(13-11-19)26-14-6-3-7-15-26/h2,4-5,8-13H,3,6-7,14-16H2,1H3,(H,23,28). The first kappa shape index (κ1) is 18.2. The third-order valence-corrected chi connectivity index (χ3v) is 5.22. The van der Waals surface area contributed by atoms with Gasteiger partial charge in [-0.3, -0.25) is 4.79 Å². The second kappa shape index (κ2) is 8.25. The number of piperidine rings is 1. The average Bonchev–Trinajstić information content (AvgIpc) is 3.10.